The van der Waals surface area contributed by atoms with Crippen molar-refractivity contribution in [1.82, 2.24) is 4.90 Å². The summed E-state index contributed by atoms with van der Waals surface area (Å²) in [7, 11) is 1.80. The maximum Gasteiger partial charge on any atom is 0.227 e. The molecule has 0 saturated heterocycles. The number of nitrogens with zero attached hydrogens (tertiary/aromatic N) is 1. The van der Waals surface area contributed by atoms with E-state index in [1.54, 1.807) is 11.9 Å². The van der Waals surface area contributed by atoms with Crippen molar-refractivity contribution in [3.63, 3.8) is 0 Å². The third kappa shape index (κ3) is 4.85. The van der Waals surface area contributed by atoms with E-state index in [4.69, 9.17) is 10.5 Å². The Morgan fingerprint density at radius 2 is 1.90 bits per heavy atom. The highest BCUT2D eigenvalue weighted by Gasteiger charge is 2.23. The van der Waals surface area contributed by atoms with Crippen LogP contribution in [0.2, 0.25) is 0 Å². The summed E-state index contributed by atoms with van der Waals surface area (Å²) in [4.78, 5) is 13.9. The molecular formula is C16H26N2O2. The van der Waals surface area contributed by atoms with Crippen molar-refractivity contribution < 1.29 is 9.53 Å². The molecule has 0 spiro atoms. The Morgan fingerprint density at radius 1 is 1.30 bits per heavy atom. The van der Waals surface area contributed by atoms with Crippen molar-refractivity contribution in [3.05, 3.63) is 29.8 Å². The number of amides is 1. The first-order chi connectivity index (χ1) is 9.45. The molecule has 112 valence electrons. The van der Waals surface area contributed by atoms with Gasteiger partial charge in [-0.15, -0.1) is 0 Å². The predicted molar refractivity (Wildman–Crippen MR) is 81.7 cm³/mol. The van der Waals surface area contributed by atoms with Gasteiger partial charge in [0, 0.05) is 13.6 Å². The van der Waals surface area contributed by atoms with Gasteiger partial charge < -0.3 is 15.4 Å². The number of ether oxygens (including phenoxy) is 1. The van der Waals surface area contributed by atoms with Crippen molar-refractivity contribution >= 4 is 5.91 Å². The molecule has 1 amide bonds. The van der Waals surface area contributed by atoms with Crippen LogP contribution in [0.4, 0.5) is 0 Å². The number of rotatable bonds is 7. The van der Waals surface area contributed by atoms with E-state index >= 15 is 0 Å². The zero-order valence-corrected chi connectivity index (χ0v) is 12.9. The van der Waals surface area contributed by atoms with Gasteiger partial charge in [-0.2, -0.15) is 0 Å². The Balaban J connectivity index is 2.41. The van der Waals surface area contributed by atoms with E-state index in [0.717, 1.165) is 5.75 Å². The first-order valence-electron chi connectivity index (χ1n) is 7.10. The minimum absolute atomic E-state index is 0.0926. The van der Waals surface area contributed by atoms with Gasteiger partial charge in [-0.05, 0) is 25.0 Å². The van der Waals surface area contributed by atoms with E-state index in [2.05, 4.69) is 0 Å². The molecule has 1 atom stereocenters. The first kappa shape index (κ1) is 16.5. The van der Waals surface area contributed by atoms with Crippen LogP contribution < -0.4 is 10.5 Å². The number of nitrogens with two attached hydrogens (primary N) is 1. The van der Waals surface area contributed by atoms with Gasteiger partial charge in [-0.25, -0.2) is 0 Å². The second-order valence-electron chi connectivity index (χ2n) is 5.51. The van der Waals surface area contributed by atoms with E-state index in [-0.39, 0.29) is 17.7 Å². The van der Waals surface area contributed by atoms with Crippen molar-refractivity contribution in [1.29, 1.82) is 0 Å². The molecule has 4 heteroatoms. The summed E-state index contributed by atoms with van der Waals surface area (Å²) in [5, 5.41) is 0. The largest absolute Gasteiger partial charge is 0.492 e. The fraction of sp³-hybridized carbons (Fsp3) is 0.562. The van der Waals surface area contributed by atoms with Crippen molar-refractivity contribution in [2.45, 2.75) is 20.8 Å². The van der Waals surface area contributed by atoms with Crippen LogP contribution in [-0.4, -0.2) is 37.6 Å². The molecule has 0 saturated carbocycles. The molecule has 0 aromatic heterocycles. The second-order valence-corrected chi connectivity index (χ2v) is 5.51. The molecule has 0 radical (unpaired) electrons. The van der Waals surface area contributed by atoms with Crippen LogP contribution >= 0.6 is 0 Å². The highest BCUT2D eigenvalue weighted by molar-refractivity contribution is 5.79. The van der Waals surface area contributed by atoms with Crippen LogP contribution in [0.1, 0.15) is 19.4 Å². The summed E-state index contributed by atoms with van der Waals surface area (Å²) in [6.45, 7) is 7.52. The molecule has 1 rings (SSSR count). The van der Waals surface area contributed by atoms with Crippen molar-refractivity contribution in [3.8, 4) is 5.75 Å². The third-order valence-electron chi connectivity index (χ3n) is 3.47. The predicted octanol–water partition coefficient (Wildman–Crippen LogP) is 2.06. The fourth-order valence-electron chi connectivity index (χ4n) is 1.99. The molecule has 0 heterocycles. The molecule has 0 bridgehead atoms. The summed E-state index contributed by atoms with van der Waals surface area (Å²) in [6.07, 6.45) is 0. The zero-order valence-electron chi connectivity index (χ0n) is 12.9. The van der Waals surface area contributed by atoms with Gasteiger partial charge in [0.1, 0.15) is 12.4 Å². The topological polar surface area (TPSA) is 55.6 Å². The molecule has 1 aromatic rings. The summed E-state index contributed by atoms with van der Waals surface area (Å²) >= 11 is 0. The molecule has 0 aliphatic rings. The van der Waals surface area contributed by atoms with Crippen LogP contribution in [0.15, 0.2) is 24.3 Å². The lowest BCUT2D eigenvalue weighted by atomic mass is 9.94. The number of hydrogen-bond acceptors (Lipinski definition) is 3. The molecule has 2 N–H and O–H groups in total. The van der Waals surface area contributed by atoms with Crippen LogP contribution in [0.5, 0.6) is 5.75 Å². The van der Waals surface area contributed by atoms with Gasteiger partial charge in [-0.1, -0.05) is 31.5 Å². The Labute approximate surface area is 121 Å². The lowest BCUT2D eigenvalue weighted by molar-refractivity contribution is -0.135. The van der Waals surface area contributed by atoms with Gasteiger partial charge in [0.2, 0.25) is 5.91 Å². The molecule has 20 heavy (non-hydrogen) atoms. The maximum absolute atomic E-state index is 12.2. The molecule has 0 aliphatic carbocycles. The standard InChI is InChI=1S/C16H26N2O2/c1-12(2)15(11-17)16(19)18(4)9-10-20-14-7-5-13(3)6-8-14/h5-8,12,15H,9-11,17H2,1-4H3. The lowest BCUT2D eigenvalue weighted by Gasteiger charge is -2.25. The molecular weight excluding hydrogens is 252 g/mol. The second kappa shape index (κ2) is 7.90. The number of aryl methyl sites for hydroxylation is 1. The summed E-state index contributed by atoms with van der Waals surface area (Å²) < 4.78 is 5.63. The minimum Gasteiger partial charge on any atom is -0.492 e. The normalized spacial score (nSPS) is 12.3. The summed E-state index contributed by atoms with van der Waals surface area (Å²) in [5.74, 6) is 1.07. The van der Waals surface area contributed by atoms with Crippen molar-refractivity contribution in [2.75, 3.05) is 26.7 Å². The lowest BCUT2D eigenvalue weighted by Crippen LogP contribution is -2.40. The van der Waals surface area contributed by atoms with Crippen LogP contribution in [-0.2, 0) is 4.79 Å². The Morgan fingerprint density at radius 3 is 2.40 bits per heavy atom. The molecule has 0 fully saturated rings. The maximum atomic E-state index is 12.2. The number of hydrogen-bond donors (Lipinski definition) is 1. The summed E-state index contributed by atoms with van der Waals surface area (Å²) in [5.41, 5.74) is 6.87. The van der Waals surface area contributed by atoms with E-state index in [1.165, 1.54) is 5.56 Å². The first-order valence-corrected chi connectivity index (χ1v) is 7.10. The van der Waals surface area contributed by atoms with Crippen LogP contribution in [0.3, 0.4) is 0 Å². The molecule has 1 unspecified atom stereocenters. The number of benzene rings is 1. The highest BCUT2D eigenvalue weighted by atomic mass is 16.5. The number of likely N-dealkylation sites (N-methyl/N-ethyl adjacent to an activating group) is 1. The number of carbonyl (C=O) groups excluding carboxylic acids is 1. The monoisotopic (exact) mass is 278 g/mol. The quantitative estimate of drug-likeness (QED) is 0.830. The molecule has 1 aromatic carbocycles. The Bertz CT molecular complexity index is 415. The van der Waals surface area contributed by atoms with E-state index in [0.29, 0.717) is 19.7 Å². The zero-order chi connectivity index (χ0) is 15.1. The average molecular weight is 278 g/mol. The van der Waals surface area contributed by atoms with Gasteiger partial charge in [-0.3, -0.25) is 4.79 Å². The summed E-state index contributed by atoms with van der Waals surface area (Å²) in [6, 6.07) is 7.89. The van der Waals surface area contributed by atoms with Crippen molar-refractivity contribution in [2.24, 2.45) is 17.6 Å². The van der Waals surface area contributed by atoms with Crippen LogP contribution in [0.25, 0.3) is 0 Å². The smallest absolute Gasteiger partial charge is 0.227 e. The molecule has 0 aliphatic heterocycles. The van der Waals surface area contributed by atoms with E-state index in [9.17, 15) is 4.79 Å². The van der Waals surface area contributed by atoms with E-state index < -0.39 is 0 Å². The highest BCUT2D eigenvalue weighted by Crippen LogP contribution is 2.13. The number of carbonyl (C=O) groups is 1. The van der Waals surface area contributed by atoms with Gasteiger partial charge >= 0.3 is 0 Å². The Hall–Kier alpha value is -1.55. The van der Waals surface area contributed by atoms with Gasteiger partial charge in [0.25, 0.3) is 0 Å². The minimum atomic E-state index is -0.112. The van der Waals surface area contributed by atoms with Crippen LogP contribution in [0, 0.1) is 18.8 Å². The Kier molecular flexibility index (Phi) is 6.52. The SMILES string of the molecule is Cc1ccc(OCCN(C)C(=O)C(CN)C(C)C)cc1. The fourth-order valence-corrected chi connectivity index (χ4v) is 1.99. The van der Waals surface area contributed by atoms with E-state index in [1.807, 2.05) is 45.0 Å². The molecule has 4 nitrogen and oxygen atoms in total. The third-order valence-corrected chi connectivity index (χ3v) is 3.47. The average Bonchev–Trinajstić information content (AvgIpc) is 2.41. The van der Waals surface area contributed by atoms with Gasteiger partial charge in [0.15, 0.2) is 0 Å². The van der Waals surface area contributed by atoms with Gasteiger partial charge in [0.05, 0.1) is 12.5 Å².